The van der Waals surface area contributed by atoms with Gasteiger partial charge in [-0.25, -0.2) is 0 Å². The van der Waals surface area contributed by atoms with Crippen molar-refractivity contribution in [1.29, 1.82) is 5.26 Å². The van der Waals surface area contributed by atoms with Crippen LogP contribution in [0.2, 0.25) is 5.02 Å². The van der Waals surface area contributed by atoms with E-state index in [4.69, 9.17) is 16.3 Å². The second-order valence-corrected chi connectivity index (χ2v) is 10.5. The van der Waals surface area contributed by atoms with Crippen LogP contribution >= 0.6 is 11.6 Å². The summed E-state index contributed by atoms with van der Waals surface area (Å²) in [6.45, 7) is 6.34. The topological polar surface area (TPSA) is 69.1 Å². The maximum Gasteiger partial charge on any atom is 0.233 e. The Morgan fingerprint density at radius 3 is 2.90 bits per heavy atom. The van der Waals surface area contributed by atoms with Crippen LogP contribution in [0.1, 0.15) is 71.3 Å². The number of ether oxygens (including phenoxy) is 1. The minimum atomic E-state index is -0.760. The number of nitriles is 1. The third-order valence-corrected chi connectivity index (χ3v) is 7.94. The van der Waals surface area contributed by atoms with Crippen molar-refractivity contribution in [3.8, 4) is 11.8 Å². The van der Waals surface area contributed by atoms with E-state index in [1.54, 1.807) is 7.11 Å². The Hall–Kier alpha value is -2.19. The number of rotatable bonds is 5. The Morgan fingerprint density at radius 1 is 1.42 bits per heavy atom. The normalized spacial score (nSPS) is 26.0. The number of H-pyrrole nitrogens is 1. The quantitative estimate of drug-likeness (QED) is 0.622. The minimum absolute atomic E-state index is 0.116. The molecule has 4 rings (SSSR count). The van der Waals surface area contributed by atoms with Gasteiger partial charge in [-0.05, 0) is 69.1 Å². The predicted molar refractivity (Wildman–Crippen MR) is 123 cm³/mol. The van der Waals surface area contributed by atoms with E-state index in [0.29, 0.717) is 17.2 Å². The summed E-state index contributed by atoms with van der Waals surface area (Å²) in [5, 5.41) is 10.6. The molecule has 2 aromatic rings. The lowest BCUT2D eigenvalue weighted by molar-refractivity contribution is -0.149. The first-order chi connectivity index (χ1) is 14.7. The number of halogens is 1. The van der Waals surface area contributed by atoms with Gasteiger partial charge in [0, 0.05) is 35.6 Å². The molecule has 2 heterocycles. The van der Waals surface area contributed by atoms with E-state index in [9.17, 15) is 10.1 Å². The summed E-state index contributed by atoms with van der Waals surface area (Å²) >= 11 is 6.68. The molecule has 1 N–H and O–H groups in total. The Kier molecular flexibility index (Phi) is 5.72. The molecular weight excluding hydrogens is 410 g/mol. The van der Waals surface area contributed by atoms with Crippen LogP contribution in [0.5, 0.6) is 5.75 Å². The molecule has 1 saturated carbocycles. The largest absolute Gasteiger partial charge is 0.495 e. The minimum Gasteiger partial charge on any atom is -0.495 e. The van der Waals surface area contributed by atoms with E-state index in [1.807, 2.05) is 32.2 Å². The average molecular weight is 442 g/mol. The van der Waals surface area contributed by atoms with Gasteiger partial charge in [0.15, 0.2) is 0 Å². The zero-order valence-corrected chi connectivity index (χ0v) is 19.7. The van der Waals surface area contributed by atoms with Crippen LogP contribution in [-0.2, 0) is 10.2 Å². The second-order valence-electron chi connectivity index (χ2n) is 10.2. The number of aromatic nitrogens is 1. The molecule has 1 aliphatic heterocycles. The number of methoxy groups -OCH3 is 1. The first kappa shape index (κ1) is 22.0. The van der Waals surface area contributed by atoms with Gasteiger partial charge >= 0.3 is 0 Å². The van der Waals surface area contributed by atoms with Gasteiger partial charge in [-0.2, -0.15) is 5.26 Å². The Bertz CT molecular complexity index is 1040. The molecule has 3 unspecified atom stereocenters. The number of nitrogens with zero attached hydrogens (tertiary/aromatic N) is 2. The Morgan fingerprint density at radius 2 is 2.19 bits per heavy atom. The summed E-state index contributed by atoms with van der Waals surface area (Å²) in [6, 6.07) is 6.43. The highest BCUT2D eigenvalue weighted by Crippen LogP contribution is 2.49. The summed E-state index contributed by atoms with van der Waals surface area (Å²) in [5.41, 5.74) is 1.30. The number of carbonyl (C=O) groups excluding carboxylic acids is 1. The van der Waals surface area contributed by atoms with Crippen LogP contribution in [-0.4, -0.2) is 35.0 Å². The summed E-state index contributed by atoms with van der Waals surface area (Å²) in [7, 11) is 1.60. The lowest BCUT2D eigenvalue weighted by Crippen LogP contribution is -2.60. The summed E-state index contributed by atoms with van der Waals surface area (Å²) in [6.07, 6.45) is 8.59. The fraction of sp³-hybridized carbons (Fsp3) is 0.600. The molecule has 1 aromatic heterocycles. The highest BCUT2D eigenvalue weighted by molar-refractivity contribution is 6.37. The lowest BCUT2D eigenvalue weighted by atomic mass is 9.65. The number of hydrogen-bond donors (Lipinski definition) is 1. The lowest BCUT2D eigenvalue weighted by Gasteiger charge is -2.54. The van der Waals surface area contributed by atoms with E-state index in [1.165, 1.54) is 6.42 Å². The Labute approximate surface area is 189 Å². The third kappa shape index (κ3) is 3.69. The van der Waals surface area contributed by atoms with Crippen LogP contribution < -0.4 is 4.74 Å². The number of likely N-dealkylation sites (tertiary alicyclic amines) is 1. The molecule has 2 bridgehead atoms. The summed E-state index contributed by atoms with van der Waals surface area (Å²) in [5.74, 6) is 0.732. The van der Waals surface area contributed by atoms with Crippen molar-refractivity contribution in [2.24, 2.45) is 5.41 Å². The van der Waals surface area contributed by atoms with Crippen molar-refractivity contribution in [3.63, 3.8) is 0 Å². The maximum absolute atomic E-state index is 14.2. The van der Waals surface area contributed by atoms with E-state index in [-0.39, 0.29) is 23.4 Å². The summed E-state index contributed by atoms with van der Waals surface area (Å²) in [4.78, 5) is 19.6. The van der Waals surface area contributed by atoms with Crippen LogP contribution in [0.4, 0.5) is 0 Å². The summed E-state index contributed by atoms with van der Waals surface area (Å²) < 4.78 is 5.42. The van der Waals surface area contributed by atoms with E-state index in [0.717, 1.165) is 48.6 Å². The molecule has 1 aromatic carbocycles. The van der Waals surface area contributed by atoms with Gasteiger partial charge in [-0.3, -0.25) is 4.79 Å². The molecule has 31 heavy (non-hydrogen) atoms. The molecule has 3 atom stereocenters. The zero-order valence-electron chi connectivity index (χ0n) is 18.9. The van der Waals surface area contributed by atoms with E-state index >= 15 is 0 Å². The highest BCUT2D eigenvalue weighted by Gasteiger charge is 2.49. The molecule has 0 radical (unpaired) electrons. The molecule has 1 saturated heterocycles. The number of piperidine rings is 1. The van der Waals surface area contributed by atoms with Crippen molar-refractivity contribution in [3.05, 3.63) is 28.9 Å². The van der Waals surface area contributed by atoms with Gasteiger partial charge in [0.05, 0.1) is 23.6 Å². The SMILES string of the molecule is COc1ccc2[nH]cc(C(C)(C)C(=O)N3C(CCC#N)CC4(C)CCCC3C4)c2c1Cl. The van der Waals surface area contributed by atoms with E-state index in [2.05, 4.69) is 22.9 Å². The molecule has 5 nitrogen and oxygen atoms in total. The van der Waals surface area contributed by atoms with Gasteiger partial charge in [-0.15, -0.1) is 0 Å². The zero-order chi connectivity index (χ0) is 22.4. The number of hydrogen-bond acceptors (Lipinski definition) is 3. The number of benzene rings is 1. The molecule has 2 aliphatic rings. The molecule has 6 heteroatoms. The number of carbonyl (C=O) groups is 1. The van der Waals surface area contributed by atoms with Crippen molar-refractivity contribution in [1.82, 2.24) is 9.88 Å². The van der Waals surface area contributed by atoms with Gasteiger partial charge in [0.2, 0.25) is 5.91 Å². The Balaban J connectivity index is 1.75. The van der Waals surface area contributed by atoms with E-state index < -0.39 is 5.41 Å². The smallest absolute Gasteiger partial charge is 0.233 e. The molecule has 166 valence electrons. The van der Waals surface area contributed by atoms with Crippen molar-refractivity contribution < 1.29 is 9.53 Å². The highest BCUT2D eigenvalue weighted by atomic mass is 35.5. The number of aromatic amines is 1. The monoisotopic (exact) mass is 441 g/mol. The first-order valence-electron chi connectivity index (χ1n) is 11.3. The number of amides is 1. The van der Waals surface area contributed by atoms with Gasteiger partial charge in [-0.1, -0.05) is 24.9 Å². The fourth-order valence-electron chi connectivity index (χ4n) is 5.98. The standard InChI is InChI=1S/C25H32ClN3O2/c1-24(2,18-15-28-19-9-10-20(31-4)22(26)21(18)19)23(30)29-16-7-5-11-25(3,13-16)14-17(29)8-6-12-27/h9-10,15-17,28H,5-8,11,13-14H2,1-4H3. The maximum atomic E-state index is 14.2. The van der Waals surface area contributed by atoms with Crippen molar-refractivity contribution in [2.75, 3.05) is 7.11 Å². The number of nitrogens with one attached hydrogen (secondary N) is 1. The van der Waals surface area contributed by atoms with Gasteiger partial charge < -0.3 is 14.6 Å². The molecule has 1 aliphatic carbocycles. The van der Waals surface area contributed by atoms with Gasteiger partial charge in [0.1, 0.15) is 5.75 Å². The number of fused-ring (bicyclic) bond motifs is 3. The van der Waals surface area contributed by atoms with Crippen LogP contribution in [0, 0.1) is 16.7 Å². The van der Waals surface area contributed by atoms with Gasteiger partial charge in [0.25, 0.3) is 0 Å². The fourth-order valence-corrected chi connectivity index (χ4v) is 6.32. The molecular formula is C25H32ClN3O2. The third-order valence-electron chi connectivity index (χ3n) is 7.56. The van der Waals surface area contributed by atoms with Crippen molar-refractivity contribution in [2.45, 2.75) is 83.2 Å². The van der Waals surface area contributed by atoms with Crippen LogP contribution in [0.15, 0.2) is 18.3 Å². The first-order valence-corrected chi connectivity index (χ1v) is 11.6. The van der Waals surface area contributed by atoms with Crippen LogP contribution in [0.25, 0.3) is 10.9 Å². The van der Waals surface area contributed by atoms with Crippen LogP contribution in [0.3, 0.4) is 0 Å². The second kappa shape index (κ2) is 8.06. The molecule has 1 amide bonds. The predicted octanol–water partition coefficient (Wildman–Crippen LogP) is 5.96. The average Bonchev–Trinajstić information content (AvgIpc) is 3.17. The molecule has 2 fully saturated rings. The van der Waals surface area contributed by atoms with Crippen molar-refractivity contribution >= 4 is 28.4 Å². The molecule has 0 spiro atoms.